The number of piperidine rings is 1. The molecular formula is C22H22N8S. The van der Waals surface area contributed by atoms with Gasteiger partial charge in [-0.1, -0.05) is 11.3 Å². The van der Waals surface area contributed by atoms with Gasteiger partial charge in [0.05, 0.1) is 11.8 Å². The SMILES string of the molecule is CN(c1nc2cnc(-c3cc(C#N)c4nn(C)cc4c3)nc2s1)[C@@H]1C[C@H]2CC[C@@H](C1)N2. The highest BCUT2D eigenvalue weighted by molar-refractivity contribution is 7.21. The van der Waals surface area contributed by atoms with E-state index < -0.39 is 0 Å². The molecule has 3 atom stereocenters. The minimum Gasteiger partial charge on any atom is -0.348 e. The predicted octanol–water partition coefficient (Wildman–Crippen LogP) is 3.23. The van der Waals surface area contributed by atoms with Crippen LogP contribution < -0.4 is 10.2 Å². The van der Waals surface area contributed by atoms with E-state index in [1.54, 1.807) is 22.2 Å². The van der Waals surface area contributed by atoms with Crippen molar-refractivity contribution in [3.05, 3.63) is 30.1 Å². The van der Waals surface area contributed by atoms with Gasteiger partial charge in [0.25, 0.3) is 0 Å². The summed E-state index contributed by atoms with van der Waals surface area (Å²) in [4.78, 5) is 17.4. The van der Waals surface area contributed by atoms with Gasteiger partial charge in [-0.2, -0.15) is 10.4 Å². The average molecular weight is 431 g/mol. The van der Waals surface area contributed by atoms with Crippen LogP contribution in [0.4, 0.5) is 5.13 Å². The molecule has 156 valence electrons. The van der Waals surface area contributed by atoms with Crippen LogP contribution in [0.3, 0.4) is 0 Å². The van der Waals surface area contributed by atoms with Crippen LogP contribution in [-0.2, 0) is 7.05 Å². The lowest BCUT2D eigenvalue weighted by Gasteiger charge is -2.35. The van der Waals surface area contributed by atoms with Gasteiger partial charge in [-0.3, -0.25) is 4.68 Å². The monoisotopic (exact) mass is 430 g/mol. The highest BCUT2D eigenvalue weighted by Crippen LogP contribution is 2.35. The first-order chi connectivity index (χ1) is 15.1. The molecule has 2 saturated heterocycles. The second-order valence-corrected chi connectivity index (χ2v) is 9.59. The van der Waals surface area contributed by atoms with E-state index >= 15 is 0 Å². The molecule has 0 radical (unpaired) electrons. The predicted molar refractivity (Wildman–Crippen MR) is 121 cm³/mol. The lowest BCUT2D eigenvalue weighted by atomic mass is 9.99. The van der Waals surface area contributed by atoms with Crippen molar-refractivity contribution in [3.63, 3.8) is 0 Å². The number of benzene rings is 1. The van der Waals surface area contributed by atoms with E-state index in [1.807, 2.05) is 25.4 Å². The number of hydrogen-bond donors (Lipinski definition) is 1. The Morgan fingerprint density at radius 2 is 2.03 bits per heavy atom. The molecular weight excluding hydrogens is 408 g/mol. The quantitative estimate of drug-likeness (QED) is 0.533. The summed E-state index contributed by atoms with van der Waals surface area (Å²) in [6.07, 6.45) is 8.61. The van der Waals surface area contributed by atoms with Crippen LogP contribution in [0.2, 0.25) is 0 Å². The van der Waals surface area contributed by atoms with Gasteiger partial charge < -0.3 is 10.2 Å². The molecule has 0 spiro atoms. The zero-order chi connectivity index (χ0) is 21.1. The second-order valence-electron chi connectivity index (χ2n) is 8.63. The first kappa shape index (κ1) is 18.7. The first-order valence-corrected chi connectivity index (χ1v) is 11.4. The summed E-state index contributed by atoms with van der Waals surface area (Å²) in [6, 6.07) is 7.85. The molecule has 2 aliphatic rings. The van der Waals surface area contributed by atoms with Crippen LogP contribution in [-0.4, -0.2) is 49.9 Å². The van der Waals surface area contributed by atoms with Gasteiger partial charge in [0.15, 0.2) is 11.0 Å². The zero-order valence-electron chi connectivity index (χ0n) is 17.4. The minimum absolute atomic E-state index is 0.512. The fourth-order valence-corrected chi connectivity index (χ4v) is 5.93. The molecule has 9 heteroatoms. The van der Waals surface area contributed by atoms with Crippen molar-refractivity contribution in [2.24, 2.45) is 7.05 Å². The number of aromatic nitrogens is 5. The number of nitrogens with zero attached hydrogens (tertiary/aromatic N) is 7. The Bertz CT molecular complexity index is 1340. The van der Waals surface area contributed by atoms with Gasteiger partial charge in [-0.15, -0.1) is 0 Å². The van der Waals surface area contributed by atoms with Crippen LogP contribution in [0.5, 0.6) is 0 Å². The number of fused-ring (bicyclic) bond motifs is 4. The standard InChI is InChI=1S/C22H22N8S/c1-29-11-14-6-12(5-13(9-23)19(14)28-29)20-24-10-18-21(27-20)31-22(26-18)30(2)17-7-15-3-4-16(8-17)25-15/h5-6,10-11,15-17,25H,3-4,7-8H2,1-2H3/t15-,16+,17-. The number of anilines is 1. The van der Waals surface area contributed by atoms with E-state index in [1.165, 1.54) is 25.7 Å². The molecule has 2 bridgehead atoms. The van der Waals surface area contributed by atoms with Gasteiger partial charge in [-0.25, -0.2) is 15.0 Å². The number of hydrogen-bond acceptors (Lipinski definition) is 8. The number of aryl methyl sites for hydroxylation is 1. The molecule has 6 rings (SSSR count). The molecule has 3 aromatic heterocycles. The van der Waals surface area contributed by atoms with Crippen molar-refractivity contribution in [1.82, 2.24) is 30.0 Å². The smallest absolute Gasteiger partial charge is 0.187 e. The van der Waals surface area contributed by atoms with Gasteiger partial charge >= 0.3 is 0 Å². The van der Waals surface area contributed by atoms with Crippen molar-refractivity contribution in [2.45, 2.75) is 43.8 Å². The normalized spacial score (nSPS) is 22.8. The van der Waals surface area contributed by atoms with Crippen LogP contribution in [0, 0.1) is 11.3 Å². The summed E-state index contributed by atoms with van der Waals surface area (Å²) >= 11 is 1.61. The van der Waals surface area contributed by atoms with Gasteiger partial charge in [0.1, 0.15) is 21.9 Å². The average Bonchev–Trinajstić information content (AvgIpc) is 3.46. The lowest BCUT2D eigenvalue weighted by Crippen LogP contribution is -2.47. The molecule has 4 aromatic rings. The van der Waals surface area contributed by atoms with Gasteiger partial charge in [-0.05, 0) is 37.8 Å². The van der Waals surface area contributed by atoms with Crippen molar-refractivity contribution in [2.75, 3.05) is 11.9 Å². The fraction of sp³-hybridized carbons (Fsp3) is 0.409. The van der Waals surface area contributed by atoms with E-state index in [4.69, 9.17) is 9.97 Å². The highest BCUT2D eigenvalue weighted by atomic mass is 32.1. The third kappa shape index (κ3) is 3.14. The molecule has 1 N–H and O–H groups in total. The Hall–Kier alpha value is -3.09. The molecule has 0 aliphatic carbocycles. The third-order valence-electron chi connectivity index (χ3n) is 6.54. The fourth-order valence-electron chi connectivity index (χ4n) is 4.98. The van der Waals surface area contributed by atoms with Gasteiger partial charge in [0.2, 0.25) is 0 Å². The topological polar surface area (TPSA) is 95.5 Å². The Balaban J connectivity index is 1.35. The summed E-state index contributed by atoms with van der Waals surface area (Å²) in [5, 5.41) is 19.6. The van der Waals surface area contributed by atoms with Crippen molar-refractivity contribution in [1.29, 1.82) is 5.26 Å². The van der Waals surface area contributed by atoms with E-state index in [2.05, 4.69) is 33.4 Å². The summed E-state index contributed by atoms with van der Waals surface area (Å²) in [5.41, 5.74) is 2.86. The van der Waals surface area contributed by atoms with Crippen molar-refractivity contribution < 1.29 is 0 Å². The van der Waals surface area contributed by atoms with Crippen LogP contribution in [0.1, 0.15) is 31.2 Å². The Kier molecular flexibility index (Phi) is 4.20. The Morgan fingerprint density at radius 3 is 2.81 bits per heavy atom. The number of nitriles is 1. The summed E-state index contributed by atoms with van der Waals surface area (Å²) in [6.45, 7) is 0. The molecule has 0 saturated carbocycles. The molecule has 0 unspecified atom stereocenters. The largest absolute Gasteiger partial charge is 0.348 e. The van der Waals surface area contributed by atoms with Crippen LogP contribution >= 0.6 is 11.3 Å². The third-order valence-corrected chi connectivity index (χ3v) is 7.59. The molecule has 2 fully saturated rings. The first-order valence-electron chi connectivity index (χ1n) is 10.6. The molecule has 31 heavy (non-hydrogen) atoms. The Labute approximate surface area is 183 Å². The minimum atomic E-state index is 0.512. The molecule has 5 heterocycles. The van der Waals surface area contributed by atoms with Crippen LogP contribution in [0.15, 0.2) is 24.5 Å². The molecule has 2 aliphatic heterocycles. The van der Waals surface area contributed by atoms with E-state index in [-0.39, 0.29) is 0 Å². The van der Waals surface area contributed by atoms with Crippen molar-refractivity contribution >= 4 is 37.7 Å². The lowest BCUT2D eigenvalue weighted by molar-refractivity contribution is 0.354. The zero-order valence-corrected chi connectivity index (χ0v) is 18.2. The Morgan fingerprint density at radius 1 is 1.23 bits per heavy atom. The number of thiazole rings is 1. The second kappa shape index (κ2) is 6.97. The molecule has 8 nitrogen and oxygen atoms in total. The number of rotatable bonds is 3. The number of nitrogens with one attached hydrogen (secondary N) is 1. The van der Waals surface area contributed by atoms with E-state index in [9.17, 15) is 5.26 Å². The molecule has 1 aromatic carbocycles. The van der Waals surface area contributed by atoms with Crippen LogP contribution in [0.25, 0.3) is 32.6 Å². The summed E-state index contributed by atoms with van der Waals surface area (Å²) < 4.78 is 1.72. The summed E-state index contributed by atoms with van der Waals surface area (Å²) in [5.74, 6) is 0.604. The van der Waals surface area contributed by atoms with E-state index in [0.717, 1.165) is 26.4 Å². The highest BCUT2D eigenvalue weighted by Gasteiger charge is 2.35. The van der Waals surface area contributed by atoms with Crippen molar-refractivity contribution in [3.8, 4) is 17.5 Å². The van der Waals surface area contributed by atoms with E-state index in [0.29, 0.717) is 35.0 Å². The maximum absolute atomic E-state index is 9.56. The maximum Gasteiger partial charge on any atom is 0.187 e. The molecule has 0 amide bonds. The van der Waals surface area contributed by atoms with Gasteiger partial charge in [0, 0.05) is 49.4 Å². The maximum atomic E-state index is 9.56. The summed E-state index contributed by atoms with van der Waals surface area (Å²) in [7, 11) is 4.00.